The fourth-order valence-electron chi connectivity index (χ4n) is 2.32. The van der Waals surface area contributed by atoms with Crippen LogP contribution in [0.1, 0.15) is 13.0 Å². The van der Waals surface area contributed by atoms with E-state index in [1.807, 2.05) is 0 Å². The number of aromatic nitrogens is 2. The van der Waals surface area contributed by atoms with Crippen LogP contribution in [0.3, 0.4) is 0 Å². The van der Waals surface area contributed by atoms with E-state index in [9.17, 15) is 18.7 Å². The van der Waals surface area contributed by atoms with Crippen molar-refractivity contribution in [2.45, 2.75) is 20.6 Å². The van der Waals surface area contributed by atoms with Gasteiger partial charge in [-0.2, -0.15) is 8.78 Å². The highest BCUT2D eigenvalue weighted by Crippen LogP contribution is 2.28. The second-order valence-electron chi connectivity index (χ2n) is 5.10. The summed E-state index contributed by atoms with van der Waals surface area (Å²) in [5.41, 5.74) is -0.363. The molecule has 0 saturated heterocycles. The van der Waals surface area contributed by atoms with Crippen molar-refractivity contribution in [1.82, 2.24) is 9.38 Å². The van der Waals surface area contributed by atoms with Crippen LogP contribution in [-0.4, -0.2) is 21.1 Å². The highest BCUT2D eigenvalue weighted by Gasteiger charge is 2.17. The number of hydrogen-bond acceptors (Lipinski definition) is 5. The molecule has 0 aliphatic heterocycles. The number of nitrogens with one attached hydrogen (secondary N) is 1. The predicted molar refractivity (Wildman–Crippen MR) is 100 cm³/mol. The van der Waals surface area contributed by atoms with Crippen LogP contribution < -0.4 is 15.6 Å². The summed E-state index contributed by atoms with van der Waals surface area (Å²) < 4.78 is 30.6. The molecule has 27 heavy (non-hydrogen) atoms. The molecule has 0 aliphatic carbocycles. The zero-order valence-corrected chi connectivity index (χ0v) is 14.4. The van der Waals surface area contributed by atoms with Crippen molar-refractivity contribution >= 4 is 40.4 Å². The lowest BCUT2D eigenvalue weighted by Gasteiger charge is -2.14. The first-order valence-corrected chi connectivity index (χ1v) is 7.98. The minimum absolute atomic E-state index is 0. The third kappa shape index (κ3) is 4.29. The van der Waals surface area contributed by atoms with Crippen LogP contribution in [0.2, 0.25) is 10.0 Å². The van der Waals surface area contributed by atoms with Crippen molar-refractivity contribution in [3.05, 3.63) is 62.5 Å². The Morgan fingerprint density at radius 3 is 2.63 bits per heavy atom. The lowest BCUT2D eigenvalue weighted by Crippen LogP contribution is -2.22. The fourth-order valence-corrected chi connectivity index (χ4v) is 2.62. The monoisotopic (exact) mass is 417 g/mol. The summed E-state index contributed by atoms with van der Waals surface area (Å²) in [5, 5.41) is 13.0. The van der Waals surface area contributed by atoms with Gasteiger partial charge in [-0.3, -0.25) is 9.20 Å². The van der Waals surface area contributed by atoms with Gasteiger partial charge in [0.05, 0.1) is 22.2 Å². The predicted octanol–water partition coefficient (Wildman–Crippen LogP) is 4.47. The highest BCUT2D eigenvalue weighted by molar-refractivity contribution is 6.42. The van der Waals surface area contributed by atoms with E-state index in [4.69, 9.17) is 23.2 Å². The number of halogens is 4. The molecule has 0 aliphatic rings. The van der Waals surface area contributed by atoms with Crippen molar-refractivity contribution < 1.29 is 18.6 Å². The number of rotatable bonds is 5. The molecule has 2 heterocycles. The summed E-state index contributed by atoms with van der Waals surface area (Å²) >= 11 is 11.8. The van der Waals surface area contributed by atoms with Crippen LogP contribution in [0.15, 0.2) is 41.3 Å². The first kappa shape index (κ1) is 20.9. The van der Waals surface area contributed by atoms with E-state index in [1.165, 1.54) is 30.5 Å². The van der Waals surface area contributed by atoms with Gasteiger partial charge in [0.25, 0.3) is 5.56 Å². The van der Waals surface area contributed by atoms with Gasteiger partial charge >= 0.3 is 6.61 Å². The molecule has 0 unspecified atom stereocenters. The number of anilines is 2. The van der Waals surface area contributed by atoms with Crippen LogP contribution in [0.5, 0.6) is 5.75 Å². The largest absolute Gasteiger partial charge is 0.431 e. The summed E-state index contributed by atoms with van der Waals surface area (Å²) in [6, 6.07) is 7.23. The van der Waals surface area contributed by atoms with Gasteiger partial charge in [0.15, 0.2) is 11.4 Å². The molecule has 0 fully saturated rings. The molecule has 3 rings (SSSR count). The Bertz CT molecular complexity index is 1030. The van der Waals surface area contributed by atoms with Gasteiger partial charge in [-0.15, -0.1) is 0 Å². The Hall–Kier alpha value is -2.42. The molecule has 3 aromatic rings. The molecular formula is C17H15Cl2F2N3O3. The number of benzene rings is 1. The Morgan fingerprint density at radius 2 is 2.00 bits per heavy atom. The molecule has 0 atom stereocenters. The zero-order valence-electron chi connectivity index (χ0n) is 12.9. The molecule has 2 aromatic heterocycles. The smallest absolute Gasteiger partial charge is 0.387 e. The highest BCUT2D eigenvalue weighted by atomic mass is 35.5. The van der Waals surface area contributed by atoms with E-state index >= 15 is 0 Å². The Balaban J connectivity index is 0.00000261. The Labute approximate surface area is 162 Å². The topological polar surface area (TPSA) is 75.9 Å². The standard InChI is InChI=1S/C16H11Cl2F2N3O3.CH4/c17-10-4-3-8(6-11(10)18)21-13-9(7-24)15(25)23-5-1-2-12(14(23)22-13)26-16(19)20;/h1-6,16,21,24H,7H2;1H4. The Morgan fingerprint density at radius 1 is 1.26 bits per heavy atom. The van der Waals surface area contributed by atoms with Crippen LogP contribution in [0.4, 0.5) is 20.3 Å². The summed E-state index contributed by atoms with van der Waals surface area (Å²) in [7, 11) is 0. The maximum atomic E-state index is 12.6. The van der Waals surface area contributed by atoms with Gasteiger partial charge in [0, 0.05) is 11.9 Å². The van der Waals surface area contributed by atoms with Crippen LogP contribution in [0.25, 0.3) is 5.65 Å². The summed E-state index contributed by atoms with van der Waals surface area (Å²) in [4.78, 5) is 16.7. The second-order valence-corrected chi connectivity index (χ2v) is 5.92. The molecule has 10 heteroatoms. The third-order valence-corrected chi connectivity index (χ3v) is 4.21. The SMILES string of the molecule is C.O=c1c(CO)c(Nc2ccc(Cl)c(Cl)c2)nc2c(OC(F)F)cccn12. The normalized spacial score (nSPS) is 10.7. The zero-order chi connectivity index (χ0) is 18.8. The van der Waals surface area contributed by atoms with Crippen LogP contribution >= 0.6 is 23.2 Å². The van der Waals surface area contributed by atoms with Crippen molar-refractivity contribution in [3.8, 4) is 5.75 Å². The van der Waals surface area contributed by atoms with E-state index in [1.54, 1.807) is 6.07 Å². The minimum atomic E-state index is -3.08. The third-order valence-electron chi connectivity index (χ3n) is 3.47. The molecule has 0 bridgehead atoms. The molecular weight excluding hydrogens is 403 g/mol. The lowest BCUT2D eigenvalue weighted by molar-refractivity contribution is -0.0491. The molecule has 0 radical (unpaired) electrons. The second kappa shape index (κ2) is 8.51. The Kier molecular flexibility index (Phi) is 6.59. The molecule has 0 saturated carbocycles. The number of hydrogen-bond donors (Lipinski definition) is 2. The molecule has 144 valence electrons. The lowest BCUT2D eigenvalue weighted by atomic mass is 10.2. The summed E-state index contributed by atoms with van der Waals surface area (Å²) in [6.45, 7) is -3.69. The molecule has 1 aromatic carbocycles. The summed E-state index contributed by atoms with van der Waals surface area (Å²) in [6.07, 6.45) is 1.34. The number of fused-ring (bicyclic) bond motifs is 1. The van der Waals surface area contributed by atoms with Crippen molar-refractivity contribution in [3.63, 3.8) is 0 Å². The average Bonchev–Trinajstić information content (AvgIpc) is 2.59. The van der Waals surface area contributed by atoms with Gasteiger partial charge in [-0.1, -0.05) is 30.6 Å². The quantitative estimate of drug-likeness (QED) is 0.640. The maximum absolute atomic E-state index is 12.6. The van der Waals surface area contributed by atoms with E-state index in [-0.39, 0.29) is 35.2 Å². The van der Waals surface area contributed by atoms with Gasteiger partial charge in [0.1, 0.15) is 5.82 Å². The number of pyridine rings is 1. The van der Waals surface area contributed by atoms with Gasteiger partial charge in [-0.05, 0) is 30.3 Å². The molecule has 0 amide bonds. The van der Waals surface area contributed by atoms with Crippen LogP contribution in [-0.2, 0) is 6.61 Å². The van der Waals surface area contributed by atoms with Crippen molar-refractivity contribution in [2.75, 3.05) is 5.32 Å². The van der Waals surface area contributed by atoms with Crippen molar-refractivity contribution in [2.24, 2.45) is 0 Å². The first-order chi connectivity index (χ1) is 12.4. The van der Waals surface area contributed by atoms with Gasteiger partial charge < -0.3 is 15.2 Å². The molecule has 0 spiro atoms. The molecule has 2 N–H and O–H groups in total. The van der Waals surface area contributed by atoms with Gasteiger partial charge in [-0.25, -0.2) is 4.98 Å². The van der Waals surface area contributed by atoms with Crippen LogP contribution in [0, 0.1) is 0 Å². The van der Waals surface area contributed by atoms with Crippen molar-refractivity contribution in [1.29, 1.82) is 0 Å². The average molecular weight is 418 g/mol. The molecule has 6 nitrogen and oxygen atoms in total. The minimum Gasteiger partial charge on any atom is -0.431 e. The number of nitrogens with zero attached hydrogens (tertiary/aromatic N) is 2. The number of aliphatic hydroxyl groups is 1. The number of ether oxygens (including phenoxy) is 1. The summed E-state index contributed by atoms with van der Waals surface area (Å²) in [5.74, 6) is -0.289. The maximum Gasteiger partial charge on any atom is 0.387 e. The van der Waals surface area contributed by atoms with E-state index in [2.05, 4.69) is 15.0 Å². The first-order valence-electron chi connectivity index (χ1n) is 7.22. The number of aliphatic hydroxyl groups excluding tert-OH is 1. The van der Waals surface area contributed by atoms with Gasteiger partial charge in [0.2, 0.25) is 0 Å². The van der Waals surface area contributed by atoms with E-state index in [0.717, 1.165) is 4.40 Å². The fraction of sp³-hybridized carbons (Fsp3) is 0.176. The number of alkyl halides is 2. The van der Waals surface area contributed by atoms with E-state index < -0.39 is 18.8 Å². The van der Waals surface area contributed by atoms with E-state index in [0.29, 0.717) is 10.7 Å².